The van der Waals surface area contributed by atoms with Gasteiger partial charge in [0.25, 0.3) is 0 Å². The summed E-state index contributed by atoms with van der Waals surface area (Å²) in [4.78, 5) is 19.1. The van der Waals surface area contributed by atoms with Crippen molar-refractivity contribution in [1.29, 1.82) is 0 Å². The van der Waals surface area contributed by atoms with Crippen LogP contribution in [0, 0.1) is 5.92 Å². The maximum Gasteiger partial charge on any atom is 0.222 e. The summed E-state index contributed by atoms with van der Waals surface area (Å²) in [6.45, 7) is 11.3. The number of carbonyl (C=O) groups is 1. The molecule has 2 rings (SSSR count). The van der Waals surface area contributed by atoms with E-state index >= 15 is 0 Å². The molecule has 1 unspecified atom stereocenters. The SMILES string of the molecule is CC(C)N1CC(CN(C)CCN2CCCCCC2)CCC1=O. The summed E-state index contributed by atoms with van der Waals surface area (Å²) >= 11 is 0. The number of rotatable bonds is 6. The Morgan fingerprint density at radius 3 is 2.50 bits per heavy atom. The minimum Gasteiger partial charge on any atom is -0.340 e. The zero-order valence-corrected chi connectivity index (χ0v) is 14.9. The van der Waals surface area contributed by atoms with Gasteiger partial charge in [0.1, 0.15) is 0 Å². The Morgan fingerprint density at radius 1 is 1.18 bits per heavy atom. The highest BCUT2D eigenvalue weighted by Gasteiger charge is 2.27. The van der Waals surface area contributed by atoms with Crippen molar-refractivity contribution in [1.82, 2.24) is 14.7 Å². The summed E-state index contributed by atoms with van der Waals surface area (Å²) in [5, 5.41) is 0. The van der Waals surface area contributed by atoms with Crippen LogP contribution >= 0.6 is 0 Å². The Labute approximate surface area is 136 Å². The highest BCUT2D eigenvalue weighted by molar-refractivity contribution is 5.77. The Bertz CT molecular complexity index is 337. The van der Waals surface area contributed by atoms with E-state index in [1.165, 1.54) is 45.3 Å². The van der Waals surface area contributed by atoms with Crippen molar-refractivity contribution in [2.24, 2.45) is 5.92 Å². The number of nitrogens with zero attached hydrogens (tertiary/aromatic N) is 3. The third kappa shape index (κ3) is 5.54. The fourth-order valence-corrected chi connectivity index (χ4v) is 3.79. The van der Waals surface area contributed by atoms with Crippen LogP contribution in [0.1, 0.15) is 52.4 Å². The first-order valence-corrected chi connectivity index (χ1v) is 9.26. The lowest BCUT2D eigenvalue weighted by atomic mass is 9.96. The third-order valence-corrected chi connectivity index (χ3v) is 5.23. The molecule has 0 bridgehead atoms. The molecule has 2 aliphatic heterocycles. The highest BCUT2D eigenvalue weighted by atomic mass is 16.2. The number of hydrogen-bond donors (Lipinski definition) is 0. The van der Waals surface area contributed by atoms with Gasteiger partial charge in [0, 0.05) is 38.6 Å². The minimum absolute atomic E-state index is 0.345. The van der Waals surface area contributed by atoms with Crippen molar-refractivity contribution in [3.8, 4) is 0 Å². The molecular weight excluding hydrogens is 274 g/mol. The van der Waals surface area contributed by atoms with Gasteiger partial charge in [0.15, 0.2) is 0 Å². The highest BCUT2D eigenvalue weighted by Crippen LogP contribution is 2.20. The molecule has 1 atom stereocenters. The van der Waals surface area contributed by atoms with Crippen LogP contribution in [0.25, 0.3) is 0 Å². The molecule has 2 saturated heterocycles. The number of piperidine rings is 1. The largest absolute Gasteiger partial charge is 0.340 e. The van der Waals surface area contributed by atoms with E-state index in [1.807, 2.05) is 0 Å². The molecule has 0 aromatic carbocycles. The molecule has 0 N–H and O–H groups in total. The van der Waals surface area contributed by atoms with Gasteiger partial charge in [0.2, 0.25) is 5.91 Å². The Balaban J connectivity index is 1.69. The molecule has 4 nitrogen and oxygen atoms in total. The fraction of sp³-hybridized carbons (Fsp3) is 0.944. The van der Waals surface area contributed by atoms with E-state index in [2.05, 4.69) is 35.6 Å². The predicted molar refractivity (Wildman–Crippen MR) is 92.0 cm³/mol. The molecule has 2 fully saturated rings. The molecule has 0 spiro atoms. The zero-order valence-electron chi connectivity index (χ0n) is 14.9. The average molecular weight is 309 g/mol. The summed E-state index contributed by atoms with van der Waals surface area (Å²) in [6, 6.07) is 0.345. The second-order valence-corrected chi connectivity index (χ2v) is 7.56. The summed E-state index contributed by atoms with van der Waals surface area (Å²) in [5.41, 5.74) is 0. The van der Waals surface area contributed by atoms with Gasteiger partial charge in [-0.2, -0.15) is 0 Å². The van der Waals surface area contributed by atoms with Gasteiger partial charge in [-0.3, -0.25) is 4.79 Å². The topological polar surface area (TPSA) is 26.8 Å². The minimum atomic E-state index is 0.345. The first-order chi connectivity index (χ1) is 10.6. The van der Waals surface area contributed by atoms with Crippen LogP contribution < -0.4 is 0 Å². The molecule has 0 aromatic rings. The van der Waals surface area contributed by atoms with E-state index in [0.717, 1.165) is 32.5 Å². The van der Waals surface area contributed by atoms with Crippen LogP contribution in [0.4, 0.5) is 0 Å². The second kappa shape index (κ2) is 8.88. The molecule has 128 valence electrons. The van der Waals surface area contributed by atoms with Crippen molar-refractivity contribution in [3.05, 3.63) is 0 Å². The van der Waals surface area contributed by atoms with Crippen LogP contribution in [-0.4, -0.2) is 73.0 Å². The van der Waals surface area contributed by atoms with Crippen LogP contribution in [0.5, 0.6) is 0 Å². The maximum absolute atomic E-state index is 11.9. The standard InChI is InChI=1S/C18H35N3O/c1-16(2)21-15-17(8-9-18(21)22)14-19(3)12-13-20-10-6-4-5-7-11-20/h16-17H,4-15H2,1-3H3. The van der Waals surface area contributed by atoms with Crippen LogP contribution in [0.2, 0.25) is 0 Å². The molecule has 0 aliphatic carbocycles. The normalized spacial score (nSPS) is 25.0. The smallest absolute Gasteiger partial charge is 0.222 e. The number of amides is 1. The van der Waals surface area contributed by atoms with E-state index < -0.39 is 0 Å². The Morgan fingerprint density at radius 2 is 1.86 bits per heavy atom. The molecule has 4 heteroatoms. The van der Waals surface area contributed by atoms with Gasteiger partial charge >= 0.3 is 0 Å². The summed E-state index contributed by atoms with van der Waals surface area (Å²) in [7, 11) is 2.24. The Kier molecular flexibility index (Phi) is 7.16. The van der Waals surface area contributed by atoms with Crippen molar-refractivity contribution in [2.75, 3.05) is 46.3 Å². The number of hydrogen-bond acceptors (Lipinski definition) is 3. The summed E-state index contributed by atoms with van der Waals surface area (Å²) in [6.07, 6.45) is 7.37. The first kappa shape index (κ1) is 17.7. The van der Waals surface area contributed by atoms with Crippen LogP contribution in [-0.2, 0) is 4.79 Å². The predicted octanol–water partition coefficient (Wildman–Crippen LogP) is 2.44. The summed E-state index contributed by atoms with van der Waals surface area (Å²) < 4.78 is 0. The van der Waals surface area contributed by atoms with Crippen molar-refractivity contribution in [3.63, 3.8) is 0 Å². The molecular formula is C18H35N3O. The quantitative estimate of drug-likeness (QED) is 0.754. The van der Waals surface area contributed by atoms with Crippen LogP contribution in [0.15, 0.2) is 0 Å². The number of carbonyl (C=O) groups excluding carboxylic acids is 1. The molecule has 0 aromatic heterocycles. The molecule has 0 radical (unpaired) electrons. The Hall–Kier alpha value is -0.610. The van der Waals surface area contributed by atoms with Crippen LogP contribution in [0.3, 0.4) is 0 Å². The first-order valence-electron chi connectivity index (χ1n) is 9.26. The van der Waals surface area contributed by atoms with Gasteiger partial charge < -0.3 is 14.7 Å². The lowest BCUT2D eigenvalue weighted by Crippen LogP contribution is -2.47. The van der Waals surface area contributed by atoms with Gasteiger partial charge in [-0.25, -0.2) is 0 Å². The fourth-order valence-electron chi connectivity index (χ4n) is 3.79. The lowest BCUT2D eigenvalue weighted by molar-refractivity contribution is -0.136. The van der Waals surface area contributed by atoms with Gasteiger partial charge in [-0.1, -0.05) is 12.8 Å². The summed E-state index contributed by atoms with van der Waals surface area (Å²) in [5.74, 6) is 0.993. The molecule has 22 heavy (non-hydrogen) atoms. The van der Waals surface area contributed by atoms with E-state index in [9.17, 15) is 4.79 Å². The van der Waals surface area contributed by atoms with Crippen molar-refractivity contribution < 1.29 is 4.79 Å². The van der Waals surface area contributed by atoms with E-state index in [-0.39, 0.29) is 0 Å². The van der Waals surface area contributed by atoms with E-state index in [4.69, 9.17) is 0 Å². The number of likely N-dealkylation sites (N-methyl/N-ethyl adjacent to an activating group) is 1. The van der Waals surface area contributed by atoms with Gasteiger partial charge in [-0.05, 0) is 59.2 Å². The third-order valence-electron chi connectivity index (χ3n) is 5.23. The molecule has 0 saturated carbocycles. The lowest BCUT2D eigenvalue weighted by Gasteiger charge is -2.37. The average Bonchev–Trinajstić information content (AvgIpc) is 2.75. The van der Waals surface area contributed by atoms with Gasteiger partial charge in [0.05, 0.1) is 0 Å². The van der Waals surface area contributed by atoms with Crippen molar-refractivity contribution in [2.45, 2.75) is 58.4 Å². The van der Waals surface area contributed by atoms with Crippen molar-refractivity contribution >= 4 is 5.91 Å². The van der Waals surface area contributed by atoms with E-state index in [1.54, 1.807) is 0 Å². The molecule has 2 heterocycles. The molecule has 2 aliphatic rings. The molecule has 1 amide bonds. The van der Waals surface area contributed by atoms with Gasteiger partial charge in [-0.15, -0.1) is 0 Å². The zero-order chi connectivity index (χ0) is 15.9. The second-order valence-electron chi connectivity index (χ2n) is 7.56. The number of likely N-dealkylation sites (tertiary alicyclic amines) is 2. The maximum atomic E-state index is 11.9. The monoisotopic (exact) mass is 309 g/mol. The van der Waals surface area contributed by atoms with E-state index in [0.29, 0.717) is 17.9 Å².